The quantitative estimate of drug-likeness (QED) is 0.858. The molecule has 0 amide bonds. The average Bonchev–Trinajstić information content (AvgIpc) is 2.30. The lowest BCUT2D eigenvalue weighted by Crippen LogP contribution is -2.12. The van der Waals surface area contributed by atoms with Crippen molar-refractivity contribution in [1.82, 2.24) is 0 Å². The molecule has 0 aliphatic rings. The summed E-state index contributed by atoms with van der Waals surface area (Å²) in [6.45, 7) is 1.87. The Bertz CT molecular complexity index is 397. The van der Waals surface area contributed by atoms with E-state index in [-0.39, 0.29) is 0 Å². The third-order valence-electron chi connectivity index (χ3n) is 1.52. The lowest BCUT2D eigenvalue weighted by Gasteiger charge is -1.97. The third kappa shape index (κ3) is 2.77. The standard InChI is InChI=1S/C7H10BrNO2S2/c1-5-4-6(2-3-8)7(12-5)13(9,10)11/h4H,2-3H2,1H3,(H2,9,10,11). The first kappa shape index (κ1) is 11.2. The van der Waals surface area contributed by atoms with Crippen LogP contribution in [0.3, 0.4) is 0 Å². The van der Waals surface area contributed by atoms with E-state index in [4.69, 9.17) is 5.14 Å². The van der Waals surface area contributed by atoms with Gasteiger partial charge in [0.15, 0.2) is 0 Å². The van der Waals surface area contributed by atoms with Gasteiger partial charge >= 0.3 is 0 Å². The molecule has 3 nitrogen and oxygen atoms in total. The van der Waals surface area contributed by atoms with E-state index in [1.165, 1.54) is 11.3 Å². The van der Waals surface area contributed by atoms with Gasteiger partial charge in [0.1, 0.15) is 4.21 Å². The SMILES string of the molecule is Cc1cc(CCBr)c(S(N)(=O)=O)s1. The van der Waals surface area contributed by atoms with Crippen molar-refractivity contribution in [3.05, 3.63) is 16.5 Å². The van der Waals surface area contributed by atoms with E-state index < -0.39 is 10.0 Å². The molecule has 2 N–H and O–H groups in total. The molecule has 6 heteroatoms. The van der Waals surface area contributed by atoms with Gasteiger partial charge in [-0.25, -0.2) is 13.6 Å². The van der Waals surface area contributed by atoms with Gasteiger partial charge in [-0.15, -0.1) is 11.3 Å². The summed E-state index contributed by atoms with van der Waals surface area (Å²) < 4.78 is 22.5. The maximum atomic E-state index is 11.1. The number of rotatable bonds is 3. The predicted octanol–water partition coefficient (Wildman–Crippen LogP) is 1.64. The van der Waals surface area contributed by atoms with Crippen LogP contribution in [0.5, 0.6) is 0 Å². The maximum absolute atomic E-state index is 11.1. The molecule has 74 valence electrons. The van der Waals surface area contributed by atoms with Crippen LogP contribution in [-0.2, 0) is 16.4 Å². The molecule has 1 heterocycles. The Labute approximate surface area is 90.1 Å². The average molecular weight is 284 g/mol. The molecule has 0 radical (unpaired) electrons. The van der Waals surface area contributed by atoms with E-state index in [1.54, 1.807) is 0 Å². The number of sulfonamides is 1. The van der Waals surface area contributed by atoms with Crippen LogP contribution in [0, 0.1) is 6.92 Å². The zero-order valence-electron chi connectivity index (χ0n) is 7.08. The summed E-state index contributed by atoms with van der Waals surface area (Å²) in [6, 6.07) is 1.87. The molecule has 0 atom stereocenters. The number of hydrogen-bond donors (Lipinski definition) is 1. The fraction of sp³-hybridized carbons (Fsp3) is 0.429. The first-order valence-electron chi connectivity index (χ1n) is 3.63. The molecule has 0 saturated heterocycles. The van der Waals surface area contributed by atoms with Gasteiger partial charge in [-0.05, 0) is 25.0 Å². The molecule has 0 aromatic carbocycles. The smallest absolute Gasteiger partial charge is 0.224 e. The summed E-state index contributed by atoms with van der Waals surface area (Å²) in [7, 11) is -3.54. The molecule has 1 rings (SSSR count). The highest BCUT2D eigenvalue weighted by atomic mass is 79.9. The second-order valence-electron chi connectivity index (χ2n) is 2.65. The normalized spacial score (nSPS) is 11.9. The van der Waals surface area contributed by atoms with E-state index >= 15 is 0 Å². The van der Waals surface area contributed by atoms with Crippen LogP contribution in [0.15, 0.2) is 10.3 Å². The number of alkyl halides is 1. The van der Waals surface area contributed by atoms with Crippen LogP contribution in [0.4, 0.5) is 0 Å². The molecule has 0 unspecified atom stereocenters. The van der Waals surface area contributed by atoms with Crippen LogP contribution < -0.4 is 5.14 Å². The molecule has 0 saturated carbocycles. The van der Waals surface area contributed by atoms with Crippen molar-refractivity contribution < 1.29 is 8.42 Å². The van der Waals surface area contributed by atoms with Gasteiger partial charge in [0.25, 0.3) is 0 Å². The molecule has 1 aromatic heterocycles. The lowest BCUT2D eigenvalue weighted by molar-refractivity contribution is 0.599. The molecule has 1 aromatic rings. The Hall–Kier alpha value is 0.0900. The maximum Gasteiger partial charge on any atom is 0.247 e. The minimum Gasteiger partial charge on any atom is -0.224 e. The Morgan fingerprint density at radius 3 is 2.69 bits per heavy atom. The summed E-state index contributed by atoms with van der Waals surface area (Å²) in [5.74, 6) is 0. The van der Waals surface area contributed by atoms with Crippen molar-refractivity contribution in [3.8, 4) is 0 Å². The highest BCUT2D eigenvalue weighted by Gasteiger charge is 2.16. The Balaban J connectivity index is 3.20. The van der Waals surface area contributed by atoms with Crippen molar-refractivity contribution >= 4 is 37.3 Å². The van der Waals surface area contributed by atoms with E-state index in [0.29, 0.717) is 10.6 Å². The van der Waals surface area contributed by atoms with E-state index in [0.717, 1.165) is 15.8 Å². The van der Waals surface area contributed by atoms with Crippen molar-refractivity contribution in [2.24, 2.45) is 5.14 Å². The van der Waals surface area contributed by atoms with Gasteiger partial charge in [0.05, 0.1) is 0 Å². The van der Waals surface area contributed by atoms with Crippen molar-refractivity contribution in [3.63, 3.8) is 0 Å². The number of thiophene rings is 1. The Kier molecular flexibility index (Phi) is 3.50. The largest absolute Gasteiger partial charge is 0.247 e. The summed E-state index contributed by atoms with van der Waals surface area (Å²) in [5, 5.41) is 5.81. The van der Waals surface area contributed by atoms with Gasteiger partial charge < -0.3 is 0 Å². The van der Waals surface area contributed by atoms with Crippen LogP contribution in [0.1, 0.15) is 10.4 Å². The summed E-state index contributed by atoms with van der Waals surface area (Å²) in [5.41, 5.74) is 0.807. The molecular weight excluding hydrogens is 274 g/mol. The van der Waals surface area contributed by atoms with Crippen molar-refractivity contribution in [2.75, 3.05) is 5.33 Å². The fourth-order valence-corrected chi connectivity index (χ4v) is 3.66. The molecule has 0 aliphatic carbocycles. The number of aryl methyl sites for hydroxylation is 2. The minimum atomic E-state index is -3.54. The molecule has 0 bridgehead atoms. The number of hydrogen-bond acceptors (Lipinski definition) is 3. The van der Waals surface area contributed by atoms with Gasteiger partial charge in [-0.1, -0.05) is 15.9 Å². The highest BCUT2D eigenvalue weighted by molar-refractivity contribution is 9.09. The first-order valence-corrected chi connectivity index (χ1v) is 7.11. The zero-order valence-corrected chi connectivity index (χ0v) is 10.3. The van der Waals surface area contributed by atoms with Gasteiger partial charge in [0, 0.05) is 10.2 Å². The fourth-order valence-electron chi connectivity index (χ4n) is 1.06. The summed E-state index contributed by atoms with van der Waals surface area (Å²) in [4.78, 5) is 0.972. The molecule has 13 heavy (non-hydrogen) atoms. The molecule has 0 aliphatic heterocycles. The monoisotopic (exact) mass is 283 g/mol. The van der Waals surface area contributed by atoms with Crippen LogP contribution in [0.25, 0.3) is 0 Å². The van der Waals surface area contributed by atoms with Crippen LogP contribution in [0.2, 0.25) is 0 Å². The van der Waals surface area contributed by atoms with E-state index in [2.05, 4.69) is 15.9 Å². The second-order valence-corrected chi connectivity index (χ2v) is 6.46. The third-order valence-corrected chi connectivity index (χ3v) is 4.53. The molecular formula is C7H10BrNO2S2. The van der Waals surface area contributed by atoms with Crippen molar-refractivity contribution in [2.45, 2.75) is 17.6 Å². The van der Waals surface area contributed by atoms with Gasteiger partial charge in [-0.2, -0.15) is 0 Å². The molecule has 0 fully saturated rings. The zero-order chi connectivity index (χ0) is 10.1. The van der Waals surface area contributed by atoms with Crippen molar-refractivity contribution in [1.29, 1.82) is 0 Å². The van der Waals surface area contributed by atoms with E-state index in [1.807, 2.05) is 13.0 Å². The van der Waals surface area contributed by atoms with Crippen LogP contribution in [-0.4, -0.2) is 13.7 Å². The first-order chi connectivity index (χ1) is 5.95. The second kappa shape index (κ2) is 4.08. The van der Waals surface area contributed by atoms with Crippen LogP contribution >= 0.6 is 27.3 Å². The van der Waals surface area contributed by atoms with E-state index in [9.17, 15) is 8.42 Å². The lowest BCUT2D eigenvalue weighted by atomic mass is 10.2. The molecule has 0 spiro atoms. The predicted molar refractivity (Wildman–Crippen MR) is 57.9 cm³/mol. The minimum absolute atomic E-state index is 0.296. The highest BCUT2D eigenvalue weighted by Crippen LogP contribution is 2.26. The van der Waals surface area contributed by atoms with Gasteiger partial charge in [-0.3, -0.25) is 0 Å². The Morgan fingerprint density at radius 1 is 1.62 bits per heavy atom. The number of primary sulfonamides is 1. The van der Waals surface area contributed by atoms with Gasteiger partial charge in [0.2, 0.25) is 10.0 Å². The summed E-state index contributed by atoms with van der Waals surface area (Å²) >= 11 is 4.49. The number of nitrogens with two attached hydrogens (primary N) is 1. The topological polar surface area (TPSA) is 60.2 Å². The number of halogens is 1. The Morgan fingerprint density at radius 2 is 2.23 bits per heavy atom. The summed E-state index contributed by atoms with van der Waals surface area (Å²) in [6.07, 6.45) is 0.691.